The minimum Gasteiger partial charge on any atom is -0.389 e. The molecule has 1 aromatic carbocycles. The molecule has 1 saturated heterocycles. The molecular weight excluding hydrogens is 233 g/mol. The van der Waals surface area contributed by atoms with E-state index >= 15 is 0 Å². The first-order valence-electron chi connectivity index (χ1n) is 6.38. The normalized spacial score (nSPS) is 21.0. The molecule has 1 heterocycles. The lowest BCUT2D eigenvalue weighted by atomic mass is 10.1. The van der Waals surface area contributed by atoms with E-state index < -0.39 is 6.10 Å². The van der Waals surface area contributed by atoms with Crippen LogP contribution in [0.2, 0.25) is 0 Å². The highest BCUT2D eigenvalue weighted by molar-refractivity contribution is 5.54. The van der Waals surface area contributed by atoms with Crippen molar-refractivity contribution in [1.82, 2.24) is 0 Å². The van der Waals surface area contributed by atoms with Crippen LogP contribution in [0.25, 0.3) is 0 Å². The molecule has 0 amide bonds. The summed E-state index contributed by atoms with van der Waals surface area (Å²) in [5, 5.41) is 9.71. The van der Waals surface area contributed by atoms with Crippen LogP contribution in [0.4, 0.5) is 10.1 Å². The molecule has 1 aromatic rings. The van der Waals surface area contributed by atoms with Gasteiger partial charge in [-0.2, -0.15) is 0 Å². The summed E-state index contributed by atoms with van der Waals surface area (Å²) in [6.07, 6.45) is 1.73. The second-order valence-electron chi connectivity index (χ2n) is 4.89. The molecule has 1 aliphatic rings. The van der Waals surface area contributed by atoms with Gasteiger partial charge in [-0.05, 0) is 38.0 Å². The number of aliphatic hydroxyl groups excluding tert-OH is 1. The van der Waals surface area contributed by atoms with E-state index in [0.717, 1.165) is 31.7 Å². The molecule has 0 aromatic heterocycles. The van der Waals surface area contributed by atoms with Gasteiger partial charge in [0, 0.05) is 31.5 Å². The zero-order chi connectivity index (χ0) is 13.1. The Morgan fingerprint density at radius 1 is 1.56 bits per heavy atom. The number of hydrogen-bond donors (Lipinski definition) is 1. The first-order valence-corrected chi connectivity index (χ1v) is 6.38. The summed E-state index contributed by atoms with van der Waals surface area (Å²) in [5.41, 5.74) is 1.48. The Labute approximate surface area is 107 Å². The van der Waals surface area contributed by atoms with Gasteiger partial charge in [-0.3, -0.25) is 0 Å². The van der Waals surface area contributed by atoms with E-state index in [1.54, 1.807) is 13.0 Å². The third-order valence-corrected chi connectivity index (χ3v) is 3.35. The van der Waals surface area contributed by atoms with Gasteiger partial charge < -0.3 is 14.7 Å². The van der Waals surface area contributed by atoms with Gasteiger partial charge in [-0.1, -0.05) is 0 Å². The molecule has 18 heavy (non-hydrogen) atoms. The molecule has 2 atom stereocenters. The molecule has 2 rings (SSSR count). The Morgan fingerprint density at radius 2 is 2.33 bits per heavy atom. The highest BCUT2D eigenvalue weighted by atomic mass is 19.1. The van der Waals surface area contributed by atoms with E-state index in [2.05, 4.69) is 0 Å². The summed E-state index contributed by atoms with van der Waals surface area (Å²) in [6.45, 7) is 3.24. The monoisotopic (exact) mass is 253 g/mol. The van der Waals surface area contributed by atoms with Gasteiger partial charge in [0.2, 0.25) is 0 Å². The maximum Gasteiger partial charge on any atom is 0.123 e. The van der Waals surface area contributed by atoms with E-state index in [-0.39, 0.29) is 11.9 Å². The number of hydrogen-bond acceptors (Lipinski definition) is 3. The lowest BCUT2D eigenvalue weighted by Gasteiger charge is -2.26. The van der Waals surface area contributed by atoms with Crippen LogP contribution in [0, 0.1) is 5.82 Å². The smallest absolute Gasteiger partial charge is 0.123 e. The van der Waals surface area contributed by atoms with E-state index in [1.807, 2.05) is 11.9 Å². The van der Waals surface area contributed by atoms with E-state index in [1.165, 1.54) is 12.1 Å². The number of nitrogens with zero attached hydrogens (tertiary/aromatic N) is 1. The van der Waals surface area contributed by atoms with Crippen molar-refractivity contribution in [2.75, 3.05) is 25.1 Å². The number of likely N-dealkylation sites (N-methyl/N-ethyl adjacent to an activating group) is 1. The zero-order valence-electron chi connectivity index (χ0n) is 10.9. The molecule has 0 aliphatic carbocycles. The summed E-state index contributed by atoms with van der Waals surface area (Å²) in [6, 6.07) is 4.53. The maximum atomic E-state index is 13.2. The van der Waals surface area contributed by atoms with Crippen LogP contribution >= 0.6 is 0 Å². The van der Waals surface area contributed by atoms with Crippen molar-refractivity contribution in [1.29, 1.82) is 0 Å². The largest absolute Gasteiger partial charge is 0.389 e. The molecule has 1 fully saturated rings. The lowest BCUT2D eigenvalue weighted by Crippen LogP contribution is -2.29. The average Bonchev–Trinajstić information content (AvgIpc) is 2.81. The van der Waals surface area contributed by atoms with Crippen molar-refractivity contribution in [2.45, 2.75) is 32.0 Å². The highest BCUT2D eigenvalue weighted by Crippen LogP contribution is 2.27. The fraction of sp³-hybridized carbons (Fsp3) is 0.571. The van der Waals surface area contributed by atoms with Crippen LogP contribution < -0.4 is 4.90 Å². The molecule has 3 nitrogen and oxygen atoms in total. The van der Waals surface area contributed by atoms with E-state index in [0.29, 0.717) is 5.56 Å². The average molecular weight is 253 g/mol. The van der Waals surface area contributed by atoms with Crippen molar-refractivity contribution >= 4 is 5.69 Å². The van der Waals surface area contributed by atoms with Gasteiger partial charge in [-0.25, -0.2) is 4.39 Å². The second kappa shape index (κ2) is 5.67. The number of ether oxygens (including phenoxy) is 1. The molecule has 0 saturated carbocycles. The van der Waals surface area contributed by atoms with Crippen LogP contribution in [0.15, 0.2) is 18.2 Å². The fourth-order valence-electron chi connectivity index (χ4n) is 2.40. The van der Waals surface area contributed by atoms with Gasteiger partial charge in [0.1, 0.15) is 5.82 Å². The topological polar surface area (TPSA) is 32.7 Å². The highest BCUT2D eigenvalue weighted by Gasteiger charge is 2.20. The third-order valence-electron chi connectivity index (χ3n) is 3.35. The molecule has 0 radical (unpaired) electrons. The van der Waals surface area contributed by atoms with E-state index in [4.69, 9.17) is 4.74 Å². The quantitative estimate of drug-likeness (QED) is 0.895. The summed E-state index contributed by atoms with van der Waals surface area (Å²) in [5.74, 6) is -0.319. The molecule has 4 heteroatoms. The molecule has 0 bridgehead atoms. The van der Waals surface area contributed by atoms with Gasteiger partial charge in [0.15, 0.2) is 0 Å². The summed E-state index contributed by atoms with van der Waals surface area (Å²) in [4.78, 5) is 2.03. The fourth-order valence-corrected chi connectivity index (χ4v) is 2.40. The second-order valence-corrected chi connectivity index (χ2v) is 4.89. The molecule has 2 unspecified atom stereocenters. The Kier molecular flexibility index (Phi) is 4.19. The van der Waals surface area contributed by atoms with Gasteiger partial charge in [0.25, 0.3) is 0 Å². The molecule has 1 aliphatic heterocycles. The number of rotatable bonds is 4. The summed E-state index contributed by atoms with van der Waals surface area (Å²) >= 11 is 0. The molecular formula is C14H20FNO2. The first kappa shape index (κ1) is 13.3. The van der Waals surface area contributed by atoms with Crippen molar-refractivity contribution in [3.63, 3.8) is 0 Å². The standard InChI is InChI=1S/C14H20FNO2/c1-10(17)13-8-11(15)5-6-14(13)16(2)9-12-4-3-7-18-12/h5-6,8,10,12,17H,3-4,7,9H2,1-2H3. The number of halogens is 1. The molecule has 0 spiro atoms. The Bertz CT molecular complexity index is 403. The predicted molar refractivity (Wildman–Crippen MR) is 69.3 cm³/mol. The van der Waals surface area contributed by atoms with Crippen molar-refractivity contribution in [3.8, 4) is 0 Å². The first-order chi connectivity index (χ1) is 8.58. The number of benzene rings is 1. The Balaban J connectivity index is 2.15. The van der Waals surface area contributed by atoms with Crippen molar-refractivity contribution < 1.29 is 14.2 Å². The van der Waals surface area contributed by atoms with Crippen LogP contribution in [-0.4, -0.2) is 31.4 Å². The Hall–Kier alpha value is -1.13. The van der Waals surface area contributed by atoms with Gasteiger partial charge in [0.05, 0.1) is 12.2 Å². The third kappa shape index (κ3) is 3.00. The van der Waals surface area contributed by atoms with Gasteiger partial charge >= 0.3 is 0 Å². The minimum absolute atomic E-state index is 0.238. The minimum atomic E-state index is -0.678. The van der Waals surface area contributed by atoms with Crippen LogP contribution in [0.1, 0.15) is 31.4 Å². The molecule has 1 N–H and O–H groups in total. The maximum absolute atomic E-state index is 13.2. The zero-order valence-corrected chi connectivity index (χ0v) is 10.9. The van der Waals surface area contributed by atoms with Crippen molar-refractivity contribution in [2.24, 2.45) is 0 Å². The SMILES string of the molecule is CC(O)c1cc(F)ccc1N(C)CC1CCCO1. The van der Waals surface area contributed by atoms with Crippen LogP contribution in [-0.2, 0) is 4.74 Å². The Morgan fingerprint density at radius 3 is 2.94 bits per heavy atom. The summed E-state index contributed by atoms with van der Waals surface area (Å²) in [7, 11) is 1.95. The van der Waals surface area contributed by atoms with Crippen molar-refractivity contribution in [3.05, 3.63) is 29.6 Å². The summed E-state index contributed by atoms with van der Waals surface area (Å²) < 4.78 is 18.8. The van der Waals surface area contributed by atoms with Crippen LogP contribution in [0.3, 0.4) is 0 Å². The predicted octanol–water partition coefficient (Wildman–Crippen LogP) is 2.49. The number of anilines is 1. The molecule has 100 valence electrons. The number of aliphatic hydroxyl groups is 1. The van der Waals surface area contributed by atoms with E-state index in [9.17, 15) is 9.50 Å². The van der Waals surface area contributed by atoms with Gasteiger partial charge in [-0.15, -0.1) is 0 Å². The van der Waals surface area contributed by atoms with Crippen LogP contribution in [0.5, 0.6) is 0 Å². The lowest BCUT2D eigenvalue weighted by molar-refractivity contribution is 0.116.